The van der Waals surface area contributed by atoms with Crippen LogP contribution in [0.15, 0.2) is 0 Å². The summed E-state index contributed by atoms with van der Waals surface area (Å²) in [7, 11) is 0. The number of hydrogen-bond donors (Lipinski definition) is 0. The van der Waals surface area contributed by atoms with Crippen molar-refractivity contribution in [3.8, 4) is 12.1 Å². The Labute approximate surface area is 95.8 Å². The maximum Gasteiger partial charge on any atom is 0.133 e. The zero-order chi connectivity index (χ0) is 5.70. The number of halogens is 1. The molecule has 0 spiro atoms. The molecule has 0 heterocycles. The van der Waals surface area contributed by atoms with E-state index >= 15 is 0 Å². The van der Waals surface area contributed by atoms with Crippen LogP contribution in [0.1, 0.15) is 6.42 Å². The second-order valence-corrected chi connectivity index (χ2v) is 1.49. The van der Waals surface area contributed by atoms with Gasteiger partial charge in [-0.15, -0.1) is 11.6 Å². The van der Waals surface area contributed by atoms with Crippen molar-refractivity contribution in [3.05, 3.63) is 0 Å². The Hall–Kier alpha value is 0.906. The number of rotatable bonds is 1. The number of hydrogen-bond acceptors (Lipinski definition) is 2. The van der Waals surface area contributed by atoms with E-state index in [2.05, 4.69) is 0 Å². The Morgan fingerprint density at radius 1 is 1.50 bits per heavy atom. The molecule has 0 rings (SSSR count). The Morgan fingerprint density at radius 3 is 2.12 bits per heavy atom. The fourth-order valence-electron chi connectivity index (χ4n) is 0.126. The van der Waals surface area contributed by atoms with Crippen molar-refractivity contribution in [1.29, 1.82) is 10.5 Å². The van der Waals surface area contributed by atoms with Gasteiger partial charge in [-0.1, -0.05) is 0 Å². The van der Waals surface area contributed by atoms with Crippen molar-refractivity contribution in [2.45, 2.75) is 11.8 Å². The van der Waals surface area contributed by atoms with E-state index in [0.717, 1.165) is 0 Å². The van der Waals surface area contributed by atoms with E-state index < -0.39 is 5.38 Å². The van der Waals surface area contributed by atoms with Crippen LogP contribution in [0, 0.1) is 22.7 Å². The summed E-state index contributed by atoms with van der Waals surface area (Å²) >= 11 is 5.18. The van der Waals surface area contributed by atoms with Crippen LogP contribution in [0.3, 0.4) is 0 Å². The minimum absolute atomic E-state index is 0. The molecule has 37 valence electrons. The fourth-order valence-corrected chi connectivity index (χ4v) is 0.195. The average molecular weight is 154 g/mol. The second kappa shape index (κ2) is 7.91. The molecule has 0 aromatic heterocycles. The summed E-state index contributed by atoms with van der Waals surface area (Å²) in [6.07, 6.45) is 0.109. The van der Waals surface area contributed by atoms with Gasteiger partial charge in [-0.05, 0) is 0 Å². The zero-order valence-corrected chi connectivity index (χ0v) is 8.44. The molecule has 0 aliphatic rings. The topological polar surface area (TPSA) is 47.6 Å². The van der Waals surface area contributed by atoms with E-state index in [0.29, 0.717) is 0 Å². The third kappa shape index (κ3) is 6.91. The molecule has 0 amide bonds. The molecule has 1 radical (unpaired) electrons. The molecule has 0 aromatic carbocycles. The van der Waals surface area contributed by atoms with Crippen molar-refractivity contribution in [2.24, 2.45) is 0 Å². The Bertz CT molecular complexity index is 123. The van der Waals surface area contributed by atoms with Gasteiger partial charge in [-0.2, -0.15) is 10.5 Å². The standard InChI is InChI=1S/C4H3ClN2.K/c5-4(3-7)1-2-6;/h4H,1H2;. The SMILES string of the molecule is N#CCC(Cl)C#N.[K]. The predicted molar refractivity (Wildman–Crippen MR) is 31.2 cm³/mol. The van der Waals surface area contributed by atoms with E-state index in [1.54, 1.807) is 12.1 Å². The molecule has 0 saturated heterocycles. The summed E-state index contributed by atoms with van der Waals surface area (Å²) in [5.74, 6) is 0. The Morgan fingerprint density at radius 2 is 2.00 bits per heavy atom. The third-order valence-electron chi connectivity index (χ3n) is 0.411. The van der Waals surface area contributed by atoms with Crippen molar-refractivity contribution >= 4 is 63.0 Å². The smallest absolute Gasteiger partial charge is 0.133 e. The first-order valence-electron chi connectivity index (χ1n) is 1.72. The van der Waals surface area contributed by atoms with Crippen molar-refractivity contribution in [1.82, 2.24) is 0 Å². The van der Waals surface area contributed by atoms with Gasteiger partial charge < -0.3 is 0 Å². The van der Waals surface area contributed by atoms with Crippen molar-refractivity contribution in [2.75, 3.05) is 0 Å². The first kappa shape index (κ1) is 11.7. The molecule has 1 unspecified atom stereocenters. The maximum atomic E-state index is 7.93. The van der Waals surface area contributed by atoms with Gasteiger partial charge in [0.25, 0.3) is 0 Å². The van der Waals surface area contributed by atoms with Crippen molar-refractivity contribution in [3.63, 3.8) is 0 Å². The van der Waals surface area contributed by atoms with Gasteiger partial charge in [0.15, 0.2) is 0 Å². The number of nitriles is 2. The summed E-state index contributed by atoms with van der Waals surface area (Å²) in [5.41, 5.74) is 0. The minimum atomic E-state index is -0.634. The Kier molecular flexibility index (Phi) is 11.5. The first-order chi connectivity index (χ1) is 3.31. The number of alkyl halides is 1. The summed E-state index contributed by atoms with van der Waals surface area (Å²) in [4.78, 5) is 0. The van der Waals surface area contributed by atoms with Gasteiger partial charge in [-0.25, -0.2) is 0 Å². The van der Waals surface area contributed by atoms with E-state index in [9.17, 15) is 0 Å². The molecule has 0 saturated carbocycles. The molecular formula is C4H3ClKN2. The molecular weight excluding hydrogens is 151 g/mol. The molecule has 0 N–H and O–H groups in total. The summed E-state index contributed by atoms with van der Waals surface area (Å²) in [6.45, 7) is 0. The molecule has 0 aliphatic heterocycles. The largest absolute Gasteiger partial charge is 0.198 e. The van der Waals surface area contributed by atoms with Gasteiger partial charge in [0, 0.05) is 51.4 Å². The predicted octanol–water partition coefficient (Wildman–Crippen LogP) is 0.650. The van der Waals surface area contributed by atoms with Crippen LogP contribution in [0.2, 0.25) is 0 Å². The van der Waals surface area contributed by atoms with E-state index in [1.165, 1.54) is 0 Å². The summed E-state index contributed by atoms with van der Waals surface area (Å²) in [5, 5.41) is 15.2. The molecule has 8 heavy (non-hydrogen) atoms. The monoisotopic (exact) mass is 153 g/mol. The van der Waals surface area contributed by atoms with Crippen LogP contribution in [-0.2, 0) is 0 Å². The first-order valence-corrected chi connectivity index (χ1v) is 2.15. The normalized spacial score (nSPS) is 9.88. The quantitative estimate of drug-likeness (QED) is 0.410. The molecule has 1 atom stereocenters. The van der Waals surface area contributed by atoms with Gasteiger partial charge in [0.2, 0.25) is 0 Å². The second-order valence-electron chi connectivity index (χ2n) is 0.959. The van der Waals surface area contributed by atoms with Crippen LogP contribution >= 0.6 is 11.6 Å². The van der Waals surface area contributed by atoms with Gasteiger partial charge in [0.05, 0.1) is 18.6 Å². The van der Waals surface area contributed by atoms with Gasteiger partial charge in [0.1, 0.15) is 5.38 Å². The molecule has 4 heteroatoms. The van der Waals surface area contributed by atoms with Crippen LogP contribution < -0.4 is 0 Å². The molecule has 0 aliphatic carbocycles. The molecule has 0 bridgehead atoms. The van der Waals surface area contributed by atoms with Crippen LogP contribution in [0.25, 0.3) is 0 Å². The zero-order valence-electron chi connectivity index (χ0n) is 4.56. The van der Waals surface area contributed by atoms with Gasteiger partial charge >= 0.3 is 0 Å². The minimum Gasteiger partial charge on any atom is -0.198 e. The van der Waals surface area contributed by atoms with E-state index in [1.807, 2.05) is 0 Å². The van der Waals surface area contributed by atoms with Crippen LogP contribution in [0.4, 0.5) is 0 Å². The third-order valence-corrected chi connectivity index (χ3v) is 0.662. The Balaban J connectivity index is 0. The van der Waals surface area contributed by atoms with E-state index in [4.69, 9.17) is 22.1 Å². The van der Waals surface area contributed by atoms with Crippen LogP contribution in [0.5, 0.6) is 0 Å². The molecule has 0 aromatic rings. The summed E-state index contributed by atoms with van der Waals surface area (Å²) in [6, 6.07) is 3.47. The summed E-state index contributed by atoms with van der Waals surface area (Å²) < 4.78 is 0. The van der Waals surface area contributed by atoms with Crippen molar-refractivity contribution < 1.29 is 0 Å². The molecule has 0 fully saturated rings. The van der Waals surface area contributed by atoms with E-state index in [-0.39, 0.29) is 57.8 Å². The van der Waals surface area contributed by atoms with Gasteiger partial charge in [-0.3, -0.25) is 0 Å². The fraction of sp³-hybridized carbons (Fsp3) is 0.500. The average Bonchev–Trinajstić information content (AvgIpc) is 1.68. The maximum absolute atomic E-state index is 7.93. The number of nitrogens with zero attached hydrogens (tertiary/aromatic N) is 2. The molecule has 2 nitrogen and oxygen atoms in total. The van der Waals surface area contributed by atoms with Crippen LogP contribution in [-0.4, -0.2) is 56.8 Å².